The summed E-state index contributed by atoms with van der Waals surface area (Å²) in [7, 11) is 0. The molecule has 1 aromatic heterocycles. The van der Waals surface area contributed by atoms with Crippen molar-refractivity contribution in [2.45, 2.75) is 32.2 Å². The molecule has 23 heavy (non-hydrogen) atoms. The average Bonchev–Trinajstić information content (AvgIpc) is 3.16. The lowest BCUT2D eigenvalue weighted by atomic mass is 9.98. The summed E-state index contributed by atoms with van der Waals surface area (Å²) < 4.78 is 1.63. The molecular formula is C16H18N4O3. The number of amides is 1. The average molecular weight is 314 g/mol. The molecule has 1 N–H and O–H groups in total. The largest absolute Gasteiger partial charge is 0.480 e. The van der Waals surface area contributed by atoms with Gasteiger partial charge in [0.1, 0.15) is 18.2 Å². The van der Waals surface area contributed by atoms with Crippen molar-refractivity contribution < 1.29 is 14.7 Å². The molecule has 7 nitrogen and oxygen atoms in total. The van der Waals surface area contributed by atoms with Gasteiger partial charge in [-0.05, 0) is 50.5 Å². The lowest BCUT2D eigenvalue weighted by Gasteiger charge is -2.31. The first-order valence-corrected chi connectivity index (χ1v) is 7.44. The van der Waals surface area contributed by atoms with Gasteiger partial charge in [0.25, 0.3) is 5.91 Å². The van der Waals surface area contributed by atoms with Crippen molar-refractivity contribution in [3.8, 4) is 5.69 Å². The number of carbonyl (C=O) groups excluding carboxylic acids is 1. The number of aromatic nitrogens is 3. The zero-order valence-electron chi connectivity index (χ0n) is 13.1. The van der Waals surface area contributed by atoms with Crippen molar-refractivity contribution in [3.05, 3.63) is 42.0 Å². The van der Waals surface area contributed by atoms with E-state index >= 15 is 0 Å². The van der Waals surface area contributed by atoms with Crippen LogP contribution < -0.4 is 0 Å². The molecule has 2 aromatic rings. The van der Waals surface area contributed by atoms with E-state index in [1.807, 2.05) is 6.92 Å². The van der Waals surface area contributed by atoms with Crippen molar-refractivity contribution in [3.63, 3.8) is 0 Å². The highest BCUT2D eigenvalue weighted by molar-refractivity contribution is 5.98. The van der Waals surface area contributed by atoms with Crippen LogP contribution in [-0.2, 0) is 4.79 Å². The second-order valence-corrected chi connectivity index (χ2v) is 5.98. The summed E-state index contributed by atoms with van der Waals surface area (Å²) in [4.78, 5) is 29.6. The number of carboxylic acids is 1. The zero-order chi connectivity index (χ0) is 16.6. The van der Waals surface area contributed by atoms with Crippen molar-refractivity contribution in [1.82, 2.24) is 19.7 Å². The summed E-state index contributed by atoms with van der Waals surface area (Å²) in [5.41, 5.74) is 1.06. The number of benzene rings is 1. The Hall–Kier alpha value is -2.70. The fraction of sp³-hybridized carbons (Fsp3) is 0.375. The summed E-state index contributed by atoms with van der Waals surface area (Å²) in [6.45, 7) is 3.95. The second-order valence-electron chi connectivity index (χ2n) is 5.98. The van der Waals surface area contributed by atoms with Gasteiger partial charge in [-0.25, -0.2) is 14.5 Å². The summed E-state index contributed by atoms with van der Waals surface area (Å²) in [6, 6.07) is 5.26. The predicted molar refractivity (Wildman–Crippen MR) is 82.4 cm³/mol. The number of hydrogen-bond acceptors (Lipinski definition) is 4. The van der Waals surface area contributed by atoms with Crippen LogP contribution in [0.15, 0.2) is 30.9 Å². The Morgan fingerprint density at radius 2 is 2.13 bits per heavy atom. The first kappa shape index (κ1) is 15.2. The highest BCUT2D eigenvalue weighted by Crippen LogP contribution is 2.31. The van der Waals surface area contributed by atoms with Crippen molar-refractivity contribution in [2.75, 3.05) is 6.54 Å². The van der Waals surface area contributed by atoms with E-state index in [1.54, 1.807) is 36.1 Å². The zero-order valence-corrected chi connectivity index (χ0v) is 13.1. The van der Waals surface area contributed by atoms with E-state index in [4.69, 9.17) is 0 Å². The monoisotopic (exact) mass is 314 g/mol. The van der Waals surface area contributed by atoms with E-state index in [2.05, 4.69) is 10.1 Å². The van der Waals surface area contributed by atoms with Crippen LogP contribution in [0.5, 0.6) is 0 Å². The number of aryl methyl sites for hydroxylation is 1. The molecule has 1 atom stereocenters. The van der Waals surface area contributed by atoms with E-state index in [0.29, 0.717) is 24.9 Å². The minimum absolute atomic E-state index is 0.249. The third-order valence-electron chi connectivity index (χ3n) is 4.46. The van der Waals surface area contributed by atoms with Crippen LogP contribution in [0.1, 0.15) is 35.7 Å². The van der Waals surface area contributed by atoms with E-state index in [9.17, 15) is 14.7 Å². The van der Waals surface area contributed by atoms with Gasteiger partial charge in [-0.3, -0.25) is 4.79 Å². The molecule has 1 aromatic carbocycles. The van der Waals surface area contributed by atoms with Crippen LogP contribution in [0, 0.1) is 6.92 Å². The Morgan fingerprint density at radius 3 is 2.74 bits per heavy atom. The molecule has 0 spiro atoms. The molecule has 0 bridgehead atoms. The number of hydrogen-bond donors (Lipinski definition) is 1. The predicted octanol–water partition coefficient (Wildman–Crippen LogP) is 1.66. The molecule has 1 saturated heterocycles. The summed E-state index contributed by atoms with van der Waals surface area (Å²) in [5, 5.41) is 13.5. The fourth-order valence-electron chi connectivity index (χ4n) is 3.05. The number of aliphatic carboxylic acids is 1. The minimum Gasteiger partial charge on any atom is -0.480 e. The van der Waals surface area contributed by atoms with Crippen molar-refractivity contribution in [1.29, 1.82) is 0 Å². The van der Waals surface area contributed by atoms with Gasteiger partial charge in [0.15, 0.2) is 0 Å². The number of nitrogens with zero attached hydrogens (tertiary/aromatic N) is 4. The Kier molecular flexibility index (Phi) is 3.63. The molecule has 1 aliphatic heterocycles. The standard InChI is InChI=1S/C16H18N4O3/c1-11-8-12(4-5-13(11)20-10-17-9-18-20)14(21)19-7-3-6-16(19,2)15(22)23/h4-5,8-10H,3,6-7H2,1-2H3,(H,22,23)/t16-/m0/s1. The van der Waals surface area contributed by atoms with Crippen molar-refractivity contribution in [2.24, 2.45) is 0 Å². The van der Waals surface area contributed by atoms with Gasteiger partial charge < -0.3 is 10.0 Å². The van der Waals surface area contributed by atoms with Gasteiger partial charge in [0.05, 0.1) is 5.69 Å². The molecule has 2 heterocycles. The molecule has 0 radical (unpaired) electrons. The fourth-order valence-corrected chi connectivity index (χ4v) is 3.05. The van der Waals surface area contributed by atoms with Crippen LogP contribution in [0.25, 0.3) is 5.69 Å². The first-order valence-electron chi connectivity index (χ1n) is 7.44. The summed E-state index contributed by atoms with van der Waals surface area (Å²) in [6.07, 6.45) is 4.21. The molecular weight excluding hydrogens is 296 g/mol. The lowest BCUT2D eigenvalue weighted by molar-refractivity contribution is -0.147. The molecule has 120 valence electrons. The first-order chi connectivity index (χ1) is 10.9. The Balaban J connectivity index is 1.92. The molecule has 0 unspecified atom stereocenters. The number of rotatable bonds is 3. The minimum atomic E-state index is -1.13. The molecule has 0 saturated carbocycles. The molecule has 3 rings (SSSR count). The Labute approximate surface area is 133 Å². The maximum atomic E-state index is 12.7. The lowest BCUT2D eigenvalue weighted by Crippen LogP contribution is -2.50. The molecule has 7 heteroatoms. The van der Waals surface area contributed by atoms with Crippen LogP contribution in [-0.4, -0.2) is 48.7 Å². The van der Waals surface area contributed by atoms with Gasteiger partial charge in [0.2, 0.25) is 0 Å². The molecule has 0 aliphatic carbocycles. The smallest absolute Gasteiger partial charge is 0.329 e. The van der Waals surface area contributed by atoms with Crippen LogP contribution >= 0.6 is 0 Å². The third-order valence-corrected chi connectivity index (χ3v) is 4.46. The number of carboxylic acid groups (broad SMARTS) is 1. The summed E-state index contributed by atoms with van der Waals surface area (Å²) in [5.74, 6) is -1.21. The third kappa shape index (κ3) is 2.48. The van der Waals surface area contributed by atoms with Gasteiger partial charge in [-0.2, -0.15) is 5.10 Å². The highest BCUT2D eigenvalue weighted by Gasteiger charge is 2.46. The Bertz CT molecular complexity index is 757. The maximum absolute atomic E-state index is 12.7. The molecule has 1 fully saturated rings. The van der Waals surface area contributed by atoms with E-state index in [0.717, 1.165) is 11.3 Å². The van der Waals surface area contributed by atoms with Crippen molar-refractivity contribution >= 4 is 11.9 Å². The van der Waals surface area contributed by atoms with E-state index in [-0.39, 0.29) is 5.91 Å². The quantitative estimate of drug-likeness (QED) is 0.930. The van der Waals surface area contributed by atoms with Gasteiger partial charge in [0, 0.05) is 12.1 Å². The van der Waals surface area contributed by atoms with Gasteiger partial charge in [-0.15, -0.1) is 0 Å². The molecule has 1 aliphatic rings. The van der Waals surface area contributed by atoms with E-state index < -0.39 is 11.5 Å². The summed E-state index contributed by atoms with van der Waals surface area (Å²) >= 11 is 0. The second kappa shape index (κ2) is 5.49. The number of carbonyl (C=O) groups is 2. The number of likely N-dealkylation sites (tertiary alicyclic amines) is 1. The SMILES string of the molecule is Cc1cc(C(=O)N2CCC[C@@]2(C)C(=O)O)ccc1-n1cncn1. The normalized spacial score (nSPS) is 20.7. The van der Waals surface area contributed by atoms with Gasteiger partial charge in [-0.1, -0.05) is 0 Å². The molecule has 1 amide bonds. The van der Waals surface area contributed by atoms with Gasteiger partial charge >= 0.3 is 5.97 Å². The van der Waals surface area contributed by atoms with Crippen LogP contribution in [0.3, 0.4) is 0 Å². The van der Waals surface area contributed by atoms with E-state index in [1.165, 1.54) is 11.2 Å². The highest BCUT2D eigenvalue weighted by atomic mass is 16.4. The van der Waals surface area contributed by atoms with Crippen LogP contribution in [0.4, 0.5) is 0 Å². The maximum Gasteiger partial charge on any atom is 0.329 e. The topological polar surface area (TPSA) is 88.3 Å². The Morgan fingerprint density at radius 1 is 1.35 bits per heavy atom. The van der Waals surface area contributed by atoms with Crippen LogP contribution in [0.2, 0.25) is 0 Å².